The van der Waals surface area contributed by atoms with Gasteiger partial charge in [-0.05, 0) is 42.7 Å². The summed E-state index contributed by atoms with van der Waals surface area (Å²) in [5.41, 5.74) is -0.835. The summed E-state index contributed by atoms with van der Waals surface area (Å²) < 4.78 is 6.44. The van der Waals surface area contributed by atoms with E-state index in [0.29, 0.717) is 12.0 Å². The van der Waals surface area contributed by atoms with Crippen LogP contribution in [0.15, 0.2) is 0 Å². The third-order valence-electron chi connectivity index (χ3n) is 7.47. The molecule has 0 spiro atoms. The molecule has 0 aliphatic carbocycles. The first kappa shape index (κ1) is 26.9. The van der Waals surface area contributed by atoms with Crippen molar-refractivity contribution in [3.63, 3.8) is 0 Å². The van der Waals surface area contributed by atoms with E-state index in [9.17, 15) is 4.79 Å². The number of rotatable bonds is 9. The van der Waals surface area contributed by atoms with Crippen LogP contribution in [0.2, 0.25) is 0 Å². The maximum absolute atomic E-state index is 12.5. The van der Waals surface area contributed by atoms with E-state index in [0.717, 1.165) is 12.8 Å². The highest BCUT2D eigenvalue weighted by Gasteiger charge is 2.52. The average Bonchev–Trinajstić information content (AvgIpc) is 2.42. The molecule has 2 atom stereocenters. The number of carbonyl (C=O) groups excluding carboxylic acids is 1. The molecule has 0 aliphatic heterocycles. The molecule has 1 N–H and O–H groups in total. The number of ether oxygens (including phenoxy) is 1. The van der Waals surface area contributed by atoms with Gasteiger partial charge in [-0.1, -0.05) is 69.2 Å². The van der Waals surface area contributed by atoms with Gasteiger partial charge in [-0.15, -0.1) is 9.24 Å². The van der Waals surface area contributed by atoms with E-state index in [4.69, 9.17) is 4.74 Å². The Morgan fingerprint density at radius 1 is 0.889 bits per heavy atom. The fourth-order valence-electron chi connectivity index (χ4n) is 3.91. The first-order valence-corrected chi connectivity index (χ1v) is 10.9. The predicted octanol–water partition coefficient (Wildman–Crippen LogP) is 6.07. The maximum Gasteiger partial charge on any atom is 0.226 e. The minimum Gasteiger partial charge on any atom is -0.375 e. The van der Waals surface area contributed by atoms with Crippen LogP contribution in [-0.4, -0.2) is 30.3 Å². The molecule has 0 aromatic carbocycles. The fraction of sp³-hybridized carbons (Fsp3) is 0.957. The van der Waals surface area contributed by atoms with Gasteiger partial charge in [-0.2, -0.15) is 0 Å². The van der Waals surface area contributed by atoms with Crippen molar-refractivity contribution in [1.29, 1.82) is 0 Å². The van der Waals surface area contributed by atoms with Crippen LogP contribution in [0.5, 0.6) is 0 Å². The summed E-state index contributed by atoms with van der Waals surface area (Å²) in [6, 6.07) is 0. The van der Waals surface area contributed by atoms with E-state index in [1.165, 1.54) is 0 Å². The van der Waals surface area contributed by atoms with Crippen LogP contribution in [0.4, 0.5) is 0 Å². The predicted molar refractivity (Wildman–Crippen MR) is 122 cm³/mol. The van der Waals surface area contributed by atoms with E-state index < -0.39 is 11.0 Å². The summed E-state index contributed by atoms with van der Waals surface area (Å²) in [6.45, 7) is 27.1. The zero-order valence-electron chi connectivity index (χ0n) is 20.5. The lowest BCUT2D eigenvalue weighted by Crippen LogP contribution is -2.56. The van der Waals surface area contributed by atoms with Crippen molar-refractivity contribution in [2.45, 2.75) is 107 Å². The largest absolute Gasteiger partial charge is 0.375 e. The molecule has 27 heavy (non-hydrogen) atoms. The third-order valence-corrected chi connectivity index (χ3v) is 8.54. The van der Waals surface area contributed by atoms with Gasteiger partial charge in [-0.3, -0.25) is 4.79 Å². The van der Waals surface area contributed by atoms with Crippen molar-refractivity contribution in [1.82, 2.24) is 5.32 Å². The van der Waals surface area contributed by atoms with Gasteiger partial charge < -0.3 is 10.1 Å². The fourth-order valence-corrected chi connectivity index (χ4v) is 4.13. The van der Waals surface area contributed by atoms with E-state index in [-0.39, 0.29) is 21.9 Å². The zero-order chi connectivity index (χ0) is 22.1. The van der Waals surface area contributed by atoms with Gasteiger partial charge in [-0.25, -0.2) is 0 Å². The molecular formula is C23H48NO2P. The summed E-state index contributed by atoms with van der Waals surface area (Å²) in [7, 11) is 4.79. The smallest absolute Gasteiger partial charge is 0.226 e. The number of carbonyl (C=O) groups is 1. The maximum atomic E-state index is 12.5. The Hall–Kier alpha value is -0.140. The number of nitrogens with one attached hydrogen (secondary N) is 1. The summed E-state index contributed by atoms with van der Waals surface area (Å²) >= 11 is 0. The monoisotopic (exact) mass is 401 g/mol. The molecule has 0 bridgehead atoms. The molecule has 0 saturated heterocycles. The SMILES string of the molecule is CNC(=O)C(C)(C)C(C)(C)C(C)(C)OCCC(C)(P)C(C)(C)CC(C)(C)C. The number of hydrogen-bond donors (Lipinski definition) is 1. The molecule has 0 heterocycles. The van der Waals surface area contributed by atoms with Crippen LogP contribution >= 0.6 is 9.24 Å². The van der Waals surface area contributed by atoms with Gasteiger partial charge in [0, 0.05) is 19.1 Å². The Morgan fingerprint density at radius 3 is 1.70 bits per heavy atom. The lowest BCUT2D eigenvalue weighted by atomic mass is 9.59. The summed E-state index contributed by atoms with van der Waals surface area (Å²) in [5.74, 6) is 0.0476. The summed E-state index contributed by atoms with van der Waals surface area (Å²) in [4.78, 5) is 12.5. The van der Waals surface area contributed by atoms with Crippen LogP contribution in [0, 0.1) is 21.7 Å². The molecule has 0 saturated carbocycles. The Kier molecular flexibility index (Phi) is 8.26. The Labute approximate surface area is 172 Å². The van der Waals surface area contributed by atoms with Gasteiger partial charge in [0.15, 0.2) is 0 Å². The van der Waals surface area contributed by atoms with Gasteiger partial charge in [0.2, 0.25) is 5.91 Å². The van der Waals surface area contributed by atoms with Crippen molar-refractivity contribution in [2.75, 3.05) is 13.7 Å². The second-order valence-corrected chi connectivity index (χ2v) is 13.3. The zero-order valence-corrected chi connectivity index (χ0v) is 21.7. The minimum atomic E-state index is -0.541. The van der Waals surface area contributed by atoms with E-state index in [1.807, 2.05) is 13.8 Å². The standard InChI is InChI=1S/C23H48NO2P/c1-18(2,3)16-19(4,5)23(12,27)14-15-26-22(10,11)21(8,9)20(6,7)17(25)24-13/h14-16,27H2,1-13H3,(H,24,25). The van der Waals surface area contributed by atoms with Crippen LogP contribution in [-0.2, 0) is 9.53 Å². The van der Waals surface area contributed by atoms with Crippen LogP contribution in [0.25, 0.3) is 0 Å². The molecule has 3 nitrogen and oxygen atoms in total. The van der Waals surface area contributed by atoms with E-state index >= 15 is 0 Å². The quantitative estimate of drug-likeness (QED) is 0.476. The Morgan fingerprint density at radius 2 is 1.33 bits per heavy atom. The average molecular weight is 402 g/mol. The molecule has 0 rings (SSSR count). The molecular weight excluding hydrogens is 353 g/mol. The van der Waals surface area contributed by atoms with Crippen molar-refractivity contribution in [2.24, 2.45) is 21.7 Å². The molecule has 162 valence electrons. The van der Waals surface area contributed by atoms with Gasteiger partial charge >= 0.3 is 0 Å². The van der Waals surface area contributed by atoms with Crippen LogP contribution < -0.4 is 5.32 Å². The highest BCUT2D eigenvalue weighted by Crippen LogP contribution is 2.50. The molecule has 0 aromatic heterocycles. The molecule has 0 aliphatic rings. The van der Waals surface area contributed by atoms with Crippen molar-refractivity contribution >= 4 is 15.1 Å². The van der Waals surface area contributed by atoms with Crippen molar-refractivity contribution in [3.05, 3.63) is 0 Å². The molecule has 1 amide bonds. The lowest BCUT2D eigenvalue weighted by Gasteiger charge is -2.51. The van der Waals surface area contributed by atoms with Crippen molar-refractivity contribution < 1.29 is 9.53 Å². The van der Waals surface area contributed by atoms with Crippen LogP contribution in [0.1, 0.15) is 95.9 Å². The molecule has 0 fully saturated rings. The second kappa shape index (κ2) is 8.31. The Balaban J connectivity index is 5.22. The summed E-state index contributed by atoms with van der Waals surface area (Å²) in [6.07, 6.45) is 2.11. The normalized spacial score (nSPS) is 16.8. The van der Waals surface area contributed by atoms with Crippen molar-refractivity contribution in [3.8, 4) is 0 Å². The topological polar surface area (TPSA) is 38.3 Å². The first-order chi connectivity index (χ1) is 11.6. The van der Waals surface area contributed by atoms with E-state index in [1.54, 1.807) is 7.05 Å². The number of amides is 1. The third kappa shape index (κ3) is 6.17. The summed E-state index contributed by atoms with van der Waals surface area (Å²) in [5, 5.41) is 2.89. The first-order valence-electron chi connectivity index (χ1n) is 10.3. The molecule has 0 aromatic rings. The number of hydrogen-bond acceptors (Lipinski definition) is 2. The van der Waals surface area contributed by atoms with Gasteiger partial charge in [0.1, 0.15) is 0 Å². The molecule has 4 heteroatoms. The highest BCUT2D eigenvalue weighted by molar-refractivity contribution is 7.19. The second-order valence-electron chi connectivity index (χ2n) is 12.0. The van der Waals surface area contributed by atoms with Gasteiger partial charge in [0.05, 0.1) is 11.0 Å². The molecule has 0 radical (unpaired) electrons. The lowest BCUT2D eigenvalue weighted by molar-refractivity contribution is -0.165. The van der Waals surface area contributed by atoms with E-state index in [2.05, 4.69) is 83.8 Å². The Bertz CT molecular complexity index is 511. The molecule has 2 unspecified atom stereocenters. The van der Waals surface area contributed by atoms with Gasteiger partial charge in [0.25, 0.3) is 0 Å². The highest BCUT2D eigenvalue weighted by atomic mass is 31.0. The minimum absolute atomic E-state index is 0.0476. The van der Waals surface area contributed by atoms with Crippen LogP contribution in [0.3, 0.4) is 0 Å².